The summed E-state index contributed by atoms with van der Waals surface area (Å²) < 4.78 is 5.62. The minimum atomic E-state index is -0.110. The summed E-state index contributed by atoms with van der Waals surface area (Å²) >= 11 is 0. The number of carbonyl (C=O) groups excluding carboxylic acids is 1. The molecule has 1 aliphatic heterocycles. The van der Waals surface area contributed by atoms with Crippen molar-refractivity contribution in [2.75, 3.05) is 43.4 Å². The fourth-order valence-corrected chi connectivity index (χ4v) is 3.20. The molecule has 1 heterocycles. The third-order valence-corrected chi connectivity index (χ3v) is 4.81. The van der Waals surface area contributed by atoms with Gasteiger partial charge in [0.2, 0.25) is 0 Å². The number of carbonyl (C=O) groups is 1. The van der Waals surface area contributed by atoms with Gasteiger partial charge in [-0.1, -0.05) is 0 Å². The van der Waals surface area contributed by atoms with E-state index < -0.39 is 0 Å². The molecule has 5 nitrogen and oxygen atoms in total. The fourth-order valence-electron chi connectivity index (χ4n) is 3.20. The Hall–Kier alpha value is -2.53. The van der Waals surface area contributed by atoms with Crippen LogP contribution in [0.25, 0.3) is 0 Å². The second-order valence-electron chi connectivity index (χ2n) is 7.43. The van der Waals surface area contributed by atoms with E-state index in [0.29, 0.717) is 5.56 Å². The van der Waals surface area contributed by atoms with Gasteiger partial charge < -0.3 is 19.9 Å². The number of nitrogens with zero attached hydrogens (tertiary/aromatic N) is 2. The van der Waals surface area contributed by atoms with Crippen molar-refractivity contribution >= 4 is 17.3 Å². The molecular weight excluding hydrogens is 338 g/mol. The first-order valence-corrected chi connectivity index (χ1v) is 9.54. The maximum Gasteiger partial charge on any atom is 0.255 e. The van der Waals surface area contributed by atoms with Gasteiger partial charge in [-0.3, -0.25) is 4.79 Å². The Bertz CT molecular complexity index is 779. The molecule has 0 radical (unpaired) electrons. The Balaban J connectivity index is 1.65. The Morgan fingerprint density at radius 2 is 1.70 bits per heavy atom. The lowest BCUT2D eigenvalue weighted by Gasteiger charge is -2.34. The van der Waals surface area contributed by atoms with Gasteiger partial charge in [0.25, 0.3) is 5.91 Å². The zero-order valence-electron chi connectivity index (χ0n) is 16.7. The third-order valence-electron chi connectivity index (χ3n) is 4.81. The van der Waals surface area contributed by atoms with E-state index in [4.69, 9.17) is 4.74 Å². The van der Waals surface area contributed by atoms with Crippen LogP contribution in [0.1, 0.15) is 29.8 Å². The van der Waals surface area contributed by atoms with Crippen molar-refractivity contribution in [2.45, 2.75) is 26.9 Å². The third kappa shape index (κ3) is 5.01. The van der Waals surface area contributed by atoms with Crippen molar-refractivity contribution in [1.82, 2.24) is 4.90 Å². The van der Waals surface area contributed by atoms with Crippen LogP contribution < -0.4 is 15.0 Å². The number of amides is 1. The molecule has 0 bridgehead atoms. The second kappa shape index (κ2) is 8.44. The van der Waals surface area contributed by atoms with Crippen LogP contribution in [0.5, 0.6) is 5.75 Å². The Morgan fingerprint density at radius 3 is 2.30 bits per heavy atom. The predicted molar refractivity (Wildman–Crippen MR) is 111 cm³/mol. The summed E-state index contributed by atoms with van der Waals surface area (Å²) in [6.07, 6.45) is 0.117. The van der Waals surface area contributed by atoms with E-state index in [1.54, 1.807) is 12.1 Å². The second-order valence-corrected chi connectivity index (χ2v) is 7.43. The van der Waals surface area contributed by atoms with Crippen LogP contribution in [0.2, 0.25) is 0 Å². The van der Waals surface area contributed by atoms with Crippen molar-refractivity contribution in [3.05, 3.63) is 53.6 Å². The van der Waals surface area contributed by atoms with Gasteiger partial charge in [0.15, 0.2) is 0 Å². The summed E-state index contributed by atoms with van der Waals surface area (Å²) in [5, 5.41) is 3.02. The fraction of sp³-hybridized carbons (Fsp3) is 0.409. The summed E-state index contributed by atoms with van der Waals surface area (Å²) in [6, 6.07) is 13.5. The molecule has 1 N–H and O–H groups in total. The monoisotopic (exact) mass is 367 g/mol. The number of likely N-dealkylation sites (N-methyl/N-ethyl adjacent to an activating group) is 1. The van der Waals surface area contributed by atoms with Crippen LogP contribution in [0, 0.1) is 6.92 Å². The van der Waals surface area contributed by atoms with E-state index in [2.05, 4.69) is 34.3 Å². The average molecular weight is 367 g/mol. The Kier molecular flexibility index (Phi) is 6.01. The molecule has 0 atom stereocenters. The lowest BCUT2D eigenvalue weighted by molar-refractivity contribution is 0.102. The number of benzene rings is 2. The normalized spacial score (nSPS) is 15.1. The van der Waals surface area contributed by atoms with Gasteiger partial charge in [0.1, 0.15) is 5.75 Å². The topological polar surface area (TPSA) is 44.8 Å². The van der Waals surface area contributed by atoms with Gasteiger partial charge in [-0.15, -0.1) is 0 Å². The lowest BCUT2D eigenvalue weighted by Crippen LogP contribution is -2.44. The average Bonchev–Trinajstić information content (AvgIpc) is 2.64. The minimum absolute atomic E-state index is 0.110. The molecule has 3 rings (SSSR count). The first-order valence-electron chi connectivity index (χ1n) is 9.54. The van der Waals surface area contributed by atoms with Crippen LogP contribution in [-0.2, 0) is 0 Å². The smallest absolute Gasteiger partial charge is 0.255 e. The first-order chi connectivity index (χ1) is 12.9. The summed E-state index contributed by atoms with van der Waals surface area (Å²) in [6.45, 7) is 10.2. The van der Waals surface area contributed by atoms with E-state index in [0.717, 1.165) is 43.2 Å². The number of aryl methyl sites for hydroxylation is 1. The number of piperazine rings is 1. The summed E-state index contributed by atoms with van der Waals surface area (Å²) in [7, 11) is 2.16. The van der Waals surface area contributed by atoms with E-state index in [9.17, 15) is 4.79 Å². The SMILES string of the molecule is Cc1cc(N2CCN(C)CC2)ccc1NC(=O)c1ccc(OC(C)C)cc1. The van der Waals surface area contributed by atoms with E-state index in [1.807, 2.05) is 39.0 Å². The van der Waals surface area contributed by atoms with Gasteiger partial charge in [-0.25, -0.2) is 0 Å². The number of anilines is 2. The Labute approximate surface area is 161 Å². The lowest BCUT2D eigenvalue weighted by atomic mass is 10.1. The molecule has 27 heavy (non-hydrogen) atoms. The molecule has 0 unspecified atom stereocenters. The van der Waals surface area contributed by atoms with Crippen LogP contribution >= 0.6 is 0 Å². The molecule has 0 saturated carbocycles. The van der Waals surface area contributed by atoms with Gasteiger partial charge in [-0.05, 0) is 75.8 Å². The highest BCUT2D eigenvalue weighted by atomic mass is 16.5. The Morgan fingerprint density at radius 1 is 1.04 bits per heavy atom. The van der Waals surface area contributed by atoms with Crippen LogP contribution in [0.3, 0.4) is 0 Å². The van der Waals surface area contributed by atoms with Crippen LogP contribution in [0.15, 0.2) is 42.5 Å². The molecule has 2 aromatic carbocycles. The number of ether oxygens (including phenoxy) is 1. The zero-order chi connectivity index (χ0) is 19.4. The maximum absolute atomic E-state index is 12.6. The molecule has 0 spiro atoms. The van der Waals surface area contributed by atoms with Crippen molar-refractivity contribution in [3.8, 4) is 5.75 Å². The molecule has 1 amide bonds. The highest BCUT2D eigenvalue weighted by Crippen LogP contribution is 2.24. The molecular formula is C22H29N3O2. The van der Waals surface area contributed by atoms with Gasteiger partial charge in [0.05, 0.1) is 6.10 Å². The van der Waals surface area contributed by atoms with Crippen molar-refractivity contribution < 1.29 is 9.53 Å². The van der Waals surface area contributed by atoms with E-state index in [1.165, 1.54) is 5.69 Å². The number of rotatable bonds is 5. The summed E-state index contributed by atoms with van der Waals surface area (Å²) in [4.78, 5) is 17.3. The number of hydrogen-bond acceptors (Lipinski definition) is 4. The molecule has 1 aliphatic rings. The highest BCUT2D eigenvalue weighted by Gasteiger charge is 2.15. The molecule has 5 heteroatoms. The van der Waals surface area contributed by atoms with E-state index in [-0.39, 0.29) is 12.0 Å². The highest BCUT2D eigenvalue weighted by molar-refractivity contribution is 6.04. The van der Waals surface area contributed by atoms with Crippen LogP contribution in [0.4, 0.5) is 11.4 Å². The predicted octanol–water partition coefficient (Wildman–Crippen LogP) is 3.79. The quantitative estimate of drug-likeness (QED) is 0.873. The molecule has 0 aliphatic carbocycles. The number of hydrogen-bond donors (Lipinski definition) is 1. The largest absolute Gasteiger partial charge is 0.491 e. The molecule has 2 aromatic rings. The van der Waals surface area contributed by atoms with Gasteiger partial charge >= 0.3 is 0 Å². The van der Waals surface area contributed by atoms with Crippen molar-refractivity contribution in [1.29, 1.82) is 0 Å². The van der Waals surface area contributed by atoms with Gasteiger partial charge in [0, 0.05) is 43.1 Å². The minimum Gasteiger partial charge on any atom is -0.491 e. The zero-order valence-corrected chi connectivity index (χ0v) is 16.7. The summed E-state index contributed by atoms with van der Waals surface area (Å²) in [5.74, 6) is 0.663. The molecule has 1 fully saturated rings. The van der Waals surface area contributed by atoms with E-state index >= 15 is 0 Å². The maximum atomic E-state index is 12.6. The number of nitrogens with one attached hydrogen (secondary N) is 1. The first kappa shape index (κ1) is 19.2. The van der Waals surface area contributed by atoms with Crippen molar-refractivity contribution in [2.24, 2.45) is 0 Å². The molecule has 144 valence electrons. The van der Waals surface area contributed by atoms with Gasteiger partial charge in [-0.2, -0.15) is 0 Å². The molecule has 1 saturated heterocycles. The van der Waals surface area contributed by atoms with Crippen molar-refractivity contribution in [3.63, 3.8) is 0 Å². The molecule has 0 aromatic heterocycles. The standard InChI is InChI=1S/C22H29N3O2/c1-16(2)27-20-8-5-18(6-9-20)22(26)23-21-10-7-19(15-17(21)3)25-13-11-24(4)12-14-25/h5-10,15-16H,11-14H2,1-4H3,(H,23,26). The van der Waals surface area contributed by atoms with Crippen LogP contribution in [-0.4, -0.2) is 50.1 Å². The summed E-state index contributed by atoms with van der Waals surface area (Å²) in [5.41, 5.74) is 3.75.